The van der Waals surface area contributed by atoms with Crippen LogP contribution in [0, 0.1) is 0 Å². The minimum absolute atomic E-state index is 0.308. The summed E-state index contributed by atoms with van der Waals surface area (Å²) in [5, 5.41) is 0. The molecule has 0 N–H and O–H groups in total. The van der Waals surface area contributed by atoms with Gasteiger partial charge in [-0.3, -0.25) is 0 Å². The number of hydrogen-bond donors (Lipinski definition) is 0. The second-order valence-electron chi connectivity index (χ2n) is 5.50. The van der Waals surface area contributed by atoms with Crippen LogP contribution in [0.25, 0.3) is 0 Å². The van der Waals surface area contributed by atoms with E-state index in [1.807, 2.05) is 6.08 Å². The van der Waals surface area contributed by atoms with E-state index >= 15 is 0 Å². The van der Waals surface area contributed by atoms with Gasteiger partial charge in [0.25, 0.3) is 0 Å². The molecular formula is C20H21NO. The van der Waals surface area contributed by atoms with E-state index in [-0.39, 0.29) is 0 Å². The Morgan fingerprint density at radius 2 is 1.55 bits per heavy atom. The van der Waals surface area contributed by atoms with E-state index in [1.54, 1.807) is 7.11 Å². The van der Waals surface area contributed by atoms with Gasteiger partial charge in [-0.05, 0) is 29.7 Å². The number of benzene rings is 2. The van der Waals surface area contributed by atoms with Crippen LogP contribution in [0.5, 0.6) is 0 Å². The molecule has 1 heterocycles. The summed E-state index contributed by atoms with van der Waals surface area (Å²) in [6.07, 6.45) is 7.35. The van der Waals surface area contributed by atoms with Crippen LogP contribution >= 0.6 is 0 Å². The second-order valence-corrected chi connectivity index (χ2v) is 5.50. The summed E-state index contributed by atoms with van der Waals surface area (Å²) in [6.45, 7) is 0.905. The third-order valence-electron chi connectivity index (χ3n) is 3.94. The van der Waals surface area contributed by atoms with E-state index in [4.69, 9.17) is 4.74 Å². The maximum Gasteiger partial charge on any atom is 0.118 e. The van der Waals surface area contributed by atoms with Gasteiger partial charge >= 0.3 is 0 Å². The van der Waals surface area contributed by atoms with Crippen LogP contribution in [0.1, 0.15) is 11.1 Å². The van der Waals surface area contributed by atoms with Crippen LogP contribution in [-0.2, 0) is 17.7 Å². The number of nitrogens with zero attached hydrogens (tertiary/aromatic N) is 1. The lowest BCUT2D eigenvalue weighted by Gasteiger charge is -2.32. The van der Waals surface area contributed by atoms with Gasteiger partial charge in [-0.1, -0.05) is 60.7 Å². The van der Waals surface area contributed by atoms with Crippen molar-refractivity contribution in [2.24, 2.45) is 0 Å². The van der Waals surface area contributed by atoms with E-state index < -0.39 is 0 Å². The first-order valence-electron chi connectivity index (χ1n) is 7.63. The van der Waals surface area contributed by atoms with Crippen molar-refractivity contribution in [3.8, 4) is 0 Å². The number of ether oxygens (including phenoxy) is 1. The molecule has 112 valence electrons. The summed E-state index contributed by atoms with van der Waals surface area (Å²) >= 11 is 0. The second kappa shape index (κ2) is 6.99. The molecule has 0 aliphatic carbocycles. The first-order chi connectivity index (χ1) is 10.8. The molecule has 2 heteroatoms. The minimum atomic E-state index is 0.308. The molecule has 0 saturated carbocycles. The van der Waals surface area contributed by atoms with Crippen molar-refractivity contribution in [1.82, 2.24) is 4.90 Å². The average Bonchev–Trinajstić information content (AvgIpc) is 2.58. The number of hydrogen-bond acceptors (Lipinski definition) is 2. The maximum absolute atomic E-state index is 5.41. The Balaban J connectivity index is 1.78. The van der Waals surface area contributed by atoms with Gasteiger partial charge < -0.3 is 9.64 Å². The fourth-order valence-corrected chi connectivity index (χ4v) is 2.75. The molecule has 0 aromatic heterocycles. The van der Waals surface area contributed by atoms with Gasteiger partial charge in [-0.15, -0.1) is 0 Å². The fourth-order valence-electron chi connectivity index (χ4n) is 2.75. The molecule has 0 bridgehead atoms. The highest BCUT2D eigenvalue weighted by Crippen LogP contribution is 2.20. The van der Waals surface area contributed by atoms with E-state index in [2.05, 4.69) is 77.8 Å². The highest BCUT2D eigenvalue weighted by molar-refractivity contribution is 5.26. The SMILES string of the molecule is COC1=CC(Cc2ccccc2)N(Cc2ccccc2)C=C1. The summed E-state index contributed by atoms with van der Waals surface area (Å²) in [5.74, 6) is 0.935. The maximum atomic E-state index is 5.41. The third kappa shape index (κ3) is 3.59. The fraction of sp³-hybridized carbons (Fsp3) is 0.200. The Kier molecular flexibility index (Phi) is 4.59. The molecule has 0 saturated heterocycles. The van der Waals surface area contributed by atoms with Crippen molar-refractivity contribution in [3.63, 3.8) is 0 Å². The van der Waals surface area contributed by atoms with E-state index in [9.17, 15) is 0 Å². The molecular weight excluding hydrogens is 270 g/mol. The van der Waals surface area contributed by atoms with Crippen LogP contribution in [0.15, 0.2) is 84.8 Å². The number of allylic oxidation sites excluding steroid dienone is 1. The summed E-state index contributed by atoms with van der Waals surface area (Å²) in [6, 6.07) is 21.5. The van der Waals surface area contributed by atoms with Crippen molar-refractivity contribution in [3.05, 3.63) is 95.9 Å². The lowest BCUT2D eigenvalue weighted by atomic mass is 10.0. The summed E-state index contributed by atoms with van der Waals surface area (Å²) in [7, 11) is 1.72. The Morgan fingerprint density at radius 3 is 2.18 bits per heavy atom. The van der Waals surface area contributed by atoms with Gasteiger partial charge in [0.1, 0.15) is 5.76 Å². The van der Waals surface area contributed by atoms with Crippen LogP contribution in [0.3, 0.4) is 0 Å². The van der Waals surface area contributed by atoms with Gasteiger partial charge in [-0.2, -0.15) is 0 Å². The van der Waals surface area contributed by atoms with E-state index in [0.29, 0.717) is 6.04 Å². The van der Waals surface area contributed by atoms with Crippen molar-refractivity contribution in [1.29, 1.82) is 0 Å². The van der Waals surface area contributed by atoms with Crippen LogP contribution in [0.2, 0.25) is 0 Å². The molecule has 22 heavy (non-hydrogen) atoms. The predicted molar refractivity (Wildman–Crippen MR) is 90.2 cm³/mol. The zero-order valence-corrected chi connectivity index (χ0v) is 12.9. The molecule has 0 radical (unpaired) electrons. The molecule has 0 spiro atoms. The first-order valence-corrected chi connectivity index (χ1v) is 7.63. The molecule has 2 nitrogen and oxygen atoms in total. The highest BCUT2D eigenvalue weighted by Gasteiger charge is 2.18. The Morgan fingerprint density at radius 1 is 0.909 bits per heavy atom. The minimum Gasteiger partial charge on any atom is -0.497 e. The third-order valence-corrected chi connectivity index (χ3v) is 3.94. The Labute approximate surface area is 132 Å². The summed E-state index contributed by atoms with van der Waals surface area (Å²) in [4.78, 5) is 2.37. The number of methoxy groups -OCH3 is 1. The first kappa shape index (κ1) is 14.5. The quantitative estimate of drug-likeness (QED) is 0.820. The Bertz CT molecular complexity index is 646. The van der Waals surface area contributed by atoms with E-state index in [1.165, 1.54) is 11.1 Å². The topological polar surface area (TPSA) is 12.5 Å². The predicted octanol–water partition coefficient (Wildman–Crippen LogP) is 4.16. The Hall–Kier alpha value is -2.48. The molecule has 1 aliphatic rings. The largest absolute Gasteiger partial charge is 0.497 e. The zero-order valence-electron chi connectivity index (χ0n) is 12.9. The zero-order chi connectivity index (χ0) is 15.2. The van der Waals surface area contributed by atoms with Crippen LogP contribution in [0.4, 0.5) is 0 Å². The van der Waals surface area contributed by atoms with Crippen LogP contribution in [-0.4, -0.2) is 18.1 Å². The molecule has 2 aromatic carbocycles. The van der Waals surface area contributed by atoms with Gasteiger partial charge in [-0.25, -0.2) is 0 Å². The normalized spacial score (nSPS) is 17.2. The van der Waals surface area contributed by atoms with Crippen molar-refractivity contribution in [2.45, 2.75) is 19.0 Å². The lowest BCUT2D eigenvalue weighted by Crippen LogP contribution is -2.33. The molecule has 0 amide bonds. The van der Waals surface area contributed by atoms with Gasteiger partial charge in [0.2, 0.25) is 0 Å². The van der Waals surface area contributed by atoms with Gasteiger partial charge in [0.15, 0.2) is 0 Å². The number of rotatable bonds is 5. The van der Waals surface area contributed by atoms with Crippen molar-refractivity contribution >= 4 is 0 Å². The smallest absolute Gasteiger partial charge is 0.118 e. The molecule has 1 unspecified atom stereocenters. The molecule has 3 rings (SSSR count). The van der Waals surface area contributed by atoms with Crippen molar-refractivity contribution in [2.75, 3.05) is 7.11 Å². The highest BCUT2D eigenvalue weighted by atomic mass is 16.5. The lowest BCUT2D eigenvalue weighted by molar-refractivity contribution is 0.261. The summed E-state index contributed by atoms with van der Waals surface area (Å²) < 4.78 is 5.41. The standard InChI is InChI=1S/C20H21NO/c1-22-20-12-13-21(16-18-10-6-3-7-11-18)19(15-20)14-17-8-4-2-5-9-17/h2-13,15,19H,14,16H2,1H3. The van der Waals surface area contributed by atoms with Gasteiger partial charge in [0, 0.05) is 12.7 Å². The van der Waals surface area contributed by atoms with Crippen LogP contribution < -0.4 is 0 Å². The van der Waals surface area contributed by atoms with Crippen molar-refractivity contribution < 1.29 is 4.74 Å². The molecule has 2 aromatic rings. The van der Waals surface area contributed by atoms with E-state index in [0.717, 1.165) is 18.7 Å². The summed E-state index contributed by atoms with van der Waals surface area (Å²) in [5.41, 5.74) is 2.66. The van der Waals surface area contributed by atoms with Gasteiger partial charge in [0.05, 0.1) is 13.2 Å². The monoisotopic (exact) mass is 291 g/mol. The molecule has 1 aliphatic heterocycles. The molecule has 1 atom stereocenters. The molecule has 0 fully saturated rings. The average molecular weight is 291 g/mol.